The van der Waals surface area contributed by atoms with E-state index in [4.69, 9.17) is 21.1 Å². The zero-order chi connectivity index (χ0) is 18.7. The number of imide groups is 1. The molecular weight excluding hydrogens is 354 g/mol. The Balaban J connectivity index is 2.05. The second kappa shape index (κ2) is 7.62. The number of carbonyl (C=O) groups excluding carboxylic acids is 2. The van der Waals surface area contributed by atoms with Gasteiger partial charge in [-0.1, -0.05) is 48.9 Å². The van der Waals surface area contributed by atoms with Crippen LogP contribution in [0, 0.1) is 0 Å². The lowest BCUT2D eigenvalue weighted by Crippen LogP contribution is -2.31. The average Bonchev–Trinajstić information content (AvgIpc) is 2.89. The smallest absolute Gasteiger partial charge is 0.277 e. The molecule has 1 heterocycles. The fourth-order valence-corrected chi connectivity index (χ4v) is 3.05. The molecule has 0 saturated heterocycles. The maximum Gasteiger partial charge on any atom is 0.277 e. The highest BCUT2D eigenvalue weighted by atomic mass is 35.5. The van der Waals surface area contributed by atoms with Gasteiger partial charge in [-0.2, -0.15) is 0 Å². The van der Waals surface area contributed by atoms with Crippen molar-refractivity contribution in [1.82, 2.24) is 0 Å². The van der Waals surface area contributed by atoms with Gasteiger partial charge in [0.15, 0.2) is 0 Å². The molecule has 0 radical (unpaired) electrons. The molecule has 26 heavy (non-hydrogen) atoms. The van der Waals surface area contributed by atoms with Crippen molar-refractivity contribution >= 4 is 34.7 Å². The lowest BCUT2D eigenvalue weighted by atomic mass is 10.0. The number of amides is 2. The number of para-hydroxylation sites is 3. The van der Waals surface area contributed by atoms with Crippen molar-refractivity contribution in [2.45, 2.75) is 13.3 Å². The number of hydrogen-bond donors (Lipinski definition) is 0. The number of methoxy groups -OCH3 is 1. The summed E-state index contributed by atoms with van der Waals surface area (Å²) in [5.41, 5.74) is 0.978. The van der Waals surface area contributed by atoms with Crippen molar-refractivity contribution in [3.63, 3.8) is 0 Å². The lowest BCUT2D eigenvalue weighted by molar-refractivity contribution is -0.119. The van der Waals surface area contributed by atoms with Crippen LogP contribution in [0.4, 0.5) is 5.69 Å². The summed E-state index contributed by atoms with van der Waals surface area (Å²) in [7, 11) is 1.50. The number of ether oxygens (including phenoxy) is 2. The minimum Gasteiger partial charge on any atom is -0.496 e. The van der Waals surface area contributed by atoms with Crippen LogP contribution in [0.25, 0.3) is 5.57 Å². The third-order valence-corrected chi connectivity index (χ3v) is 4.32. The molecule has 2 aromatic rings. The van der Waals surface area contributed by atoms with Crippen LogP contribution in [0.3, 0.4) is 0 Å². The summed E-state index contributed by atoms with van der Waals surface area (Å²) in [6.07, 6.45) is 0.807. The van der Waals surface area contributed by atoms with Gasteiger partial charge in [0.2, 0.25) is 0 Å². The van der Waals surface area contributed by atoms with E-state index in [0.717, 1.165) is 11.3 Å². The Labute approximate surface area is 156 Å². The normalized spacial score (nSPS) is 14.2. The van der Waals surface area contributed by atoms with Crippen molar-refractivity contribution in [2.24, 2.45) is 0 Å². The van der Waals surface area contributed by atoms with Gasteiger partial charge in [-0.05, 0) is 24.6 Å². The lowest BCUT2D eigenvalue weighted by Gasteiger charge is -2.19. The predicted molar refractivity (Wildman–Crippen MR) is 100 cm³/mol. The molecule has 5 nitrogen and oxygen atoms in total. The molecule has 6 heteroatoms. The third-order valence-electron chi connectivity index (χ3n) is 3.97. The number of rotatable bonds is 6. The van der Waals surface area contributed by atoms with Crippen molar-refractivity contribution in [2.75, 3.05) is 18.6 Å². The fraction of sp³-hybridized carbons (Fsp3) is 0.200. The van der Waals surface area contributed by atoms with Gasteiger partial charge >= 0.3 is 0 Å². The topological polar surface area (TPSA) is 55.8 Å². The largest absolute Gasteiger partial charge is 0.496 e. The van der Waals surface area contributed by atoms with Crippen LogP contribution >= 0.6 is 11.6 Å². The van der Waals surface area contributed by atoms with E-state index in [0.29, 0.717) is 29.4 Å². The van der Waals surface area contributed by atoms with E-state index < -0.39 is 11.8 Å². The zero-order valence-corrected chi connectivity index (χ0v) is 15.2. The van der Waals surface area contributed by atoms with Gasteiger partial charge in [-0.3, -0.25) is 9.59 Å². The van der Waals surface area contributed by atoms with E-state index >= 15 is 0 Å². The summed E-state index contributed by atoms with van der Waals surface area (Å²) in [6, 6.07) is 13.9. The molecule has 3 rings (SSSR count). The maximum absolute atomic E-state index is 13.1. The number of hydrogen-bond acceptors (Lipinski definition) is 4. The summed E-state index contributed by atoms with van der Waals surface area (Å²) in [5, 5.41) is -0.134. The Morgan fingerprint density at radius 2 is 1.62 bits per heavy atom. The van der Waals surface area contributed by atoms with Crippen LogP contribution in [0.5, 0.6) is 11.5 Å². The van der Waals surface area contributed by atoms with Crippen molar-refractivity contribution < 1.29 is 19.1 Å². The number of halogens is 1. The van der Waals surface area contributed by atoms with Crippen LogP contribution in [-0.2, 0) is 9.59 Å². The highest BCUT2D eigenvalue weighted by molar-refractivity contribution is 6.60. The Bertz CT molecular complexity index is 891. The highest BCUT2D eigenvalue weighted by Gasteiger charge is 2.41. The van der Waals surface area contributed by atoms with E-state index in [1.165, 1.54) is 7.11 Å². The quantitative estimate of drug-likeness (QED) is 0.720. The van der Waals surface area contributed by atoms with Crippen LogP contribution in [0.2, 0.25) is 0 Å². The molecule has 0 saturated carbocycles. The summed E-state index contributed by atoms with van der Waals surface area (Å²) in [6.45, 7) is 2.46. The van der Waals surface area contributed by atoms with Crippen molar-refractivity contribution in [3.8, 4) is 11.5 Å². The Morgan fingerprint density at radius 3 is 2.31 bits per heavy atom. The monoisotopic (exact) mass is 371 g/mol. The Kier molecular flexibility index (Phi) is 5.28. The predicted octanol–water partition coefficient (Wildman–Crippen LogP) is 4.01. The van der Waals surface area contributed by atoms with E-state index in [2.05, 4.69) is 0 Å². The molecule has 134 valence electrons. The first-order valence-electron chi connectivity index (χ1n) is 8.24. The molecule has 0 bridgehead atoms. The molecule has 0 N–H and O–H groups in total. The van der Waals surface area contributed by atoms with Crippen LogP contribution in [0.15, 0.2) is 53.6 Å². The number of anilines is 1. The van der Waals surface area contributed by atoms with Gasteiger partial charge in [-0.15, -0.1) is 0 Å². The van der Waals surface area contributed by atoms with E-state index in [1.54, 1.807) is 48.5 Å². The van der Waals surface area contributed by atoms with Gasteiger partial charge in [0.1, 0.15) is 16.5 Å². The first kappa shape index (κ1) is 18.0. The summed E-state index contributed by atoms with van der Waals surface area (Å²) >= 11 is 6.26. The Hall–Kier alpha value is -2.79. The maximum atomic E-state index is 13.1. The summed E-state index contributed by atoms with van der Waals surface area (Å²) < 4.78 is 11.0. The average molecular weight is 372 g/mol. The summed E-state index contributed by atoms with van der Waals surface area (Å²) in [4.78, 5) is 26.9. The SMILES string of the molecule is CCCOc1ccccc1N1C(=O)C(Cl)=C(c2ccccc2OC)C1=O. The van der Waals surface area contributed by atoms with Crippen molar-refractivity contribution in [1.29, 1.82) is 0 Å². The highest BCUT2D eigenvalue weighted by Crippen LogP contribution is 2.40. The number of carbonyl (C=O) groups is 2. The molecule has 0 atom stereocenters. The number of nitrogens with zero attached hydrogens (tertiary/aromatic N) is 1. The molecular formula is C20H18ClNO4. The standard InChI is InChI=1S/C20H18ClNO4/c1-3-12-26-16-11-7-5-9-14(16)22-19(23)17(18(21)20(22)24)13-8-4-6-10-15(13)25-2/h4-11H,3,12H2,1-2H3. The van der Waals surface area contributed by atoms with E-state index in [9.17, 15) is 9.59 Å². The van der Waals surface area contributed by atoms with Crippen LogP contribution in [-0.4, -0.2) is 25.5 Å². The molecule has 1 aliphatic rings. The molecule has 0 fully saturated rings. The molecule has 1 aliphatic heterocycles. The fourth-order valence-electron chi connectivity index (χ4n) is 2.78. The second-order valence-corrected chi connectivity index (χ2v) is 6.03. The first-order chi connectivity index (χ1) is 12.6. The molecule has 0 spiro atoms. The molecule has 2 amide bonds. The minimum atomic E-state index is -0.579. The zero-order valence-electron chi connectivity index (χ0n) is 14.5. The van der Waals surface area contributed by atoms with E-state index in [-0.39, 0.29) is 10.6 Å². The van der Waals surface area contributed by atoms with Gasteiger partial charge in [0, 0.05) is 5.56 Å². The first-order valence-corrected chi connectivity index (χ1v) is 8.61. The third kappa shape index (κ3) is 3.06. The van der Waals surface area contributed by atoms with E-state index in [1.807, 2.05) is 6.92 Å². The molecule has 0 aliphatic carbocycles. The van der Waals surface area contributed by atoms with Crippen molar-refractivity contribution in [3.05, 3.63) is 59.1 Å². The number of benzene rings is 2. The molecule has 0 aromatic heterocycles. The minimum absolute atomic E-state index is 0.124. The van der Waals surface area contributed by atoms with Gasteiger partial charge in [0.25, 0.3) is 11.8 Å². The Morgan fingerprint density at radius 1 is 0.962 bits per heavy atom. The van der Waals surface area contributed by atoms with Gasteiger partial charge < -0.3 is 9.47 Å². The second-order valence-electron chi connectivity index (χ2n) is 5.65. The summed E-state index contributed by atoms with van der Waals surface area (Å²) in [5.74, 6) is -0.150. The van der Waals surface area contributed by atoms with Crippen LogP contribution < -0.4 is 14.4 Å². The van der Waals surface area contributed by atoms with Gasteiger partial charge in [-0.25, -0.2) is 4.90 Å². The molecule has 0 unspecified atom stereocenters. The van der Waals surface area contributed by atoms with Gasteiger partial charge in [0.05, 0.1) is 25.0 Å². The molecule has 2 aromatic carbocycles. The van der Waals surface area contributed by atoms with Crippen LogP contribution in [0.1, 0.15) is 18.9 Å².